The molecule has 0 spiro atoms. The molecule has 2 aromatic rings. The van der Waals surface area contributed by atoms with Gasteiger partial charge in [0.15, 0.2) is 0 Å². The summed E-state index contributed by atoms with van der Waals surface area (Å²) in [6, 6.07) is 5.45. The van der Waals surface area contributed by atoms with Gasteiger partial charge in [-0.1, -0.05) is 6.07 Å². The molecular formula is C15H21FN4O. The number of anilines is 1. The Balaban J connectivity index is 1.77. The van der Waals surface area contributed by atoms with Crippen LogP contribution in [0, 0.1) is 5.82 Å². The van der Waals surface area contributed by atoms with Crippen LogP contribution in [0.3, 0.4) is 0 Å². The normalized spacial score (nSPS) is 16.8. The van der Waals surface area contributed by atoms with Gasteiger partial charge in [0.05, 0.1) is 12.1 Å². The highest BCUT2D eigenvalue weighted by molar-refractivity contribution is 5.79. The average Bonchev–Trinajstić information content (AvgIpc) is 2.84. The number of halogens is 1. The van der Waals surface area contributed by atoms with Crippen LogP contribution >= 0.6 is 0 Å². The van der Waals surface area contributed by atoms with Gasteiger partial charge in [0, 0.05) is 32.7 Å². The smallest absolute Gasteiger partial charge is 0.206 e. The number of nitrogens with one attached hydrogen (secondary N) is 1. The number of nitrogens with zero attached hydrogens (tertiary/aromatic N) is 3. The maximum atomic E-state index is 13.9. The summed E-state index contributed by atoms with van der Waals surface area (Å²) in [7, 11) is 1.86. The van der Waals surface area contributed by atoms with Gasteiger partial charge < -0.3 is 19.9 Å². The van der Waals surface area contributed by atoms with E-state index in [1.165, 1.54) is 6.07 Å². The molecule has 2 N–H and O–H groups in total. The fourth-order valence-corrected chi connectivity index (χ4v) is 3.04. The third kappa shape index (κ3) is 2.73. The number of aliphatic hydroxyl groups excluding tert-OH is 1. The van der Waals surface area contributed by atoms with Gasteiger partial charge in [0.2, 0.25) is 5.95 Å². The second-order valence-electron chi connectivity index (χ2n) is 5.52. The quantitative estimate of drug-likeness (QED) is 0.891. The largest absolute Gasteiger partial charge is 0.395 e. The molecule has 1 aromatic carbocycles. The fraction of sp³-hybridized carbons (Fsp3) is 0.533. The number of hydrogen-bond acceptors (Lipinski definition) is 4. The Morgan fingerprint density at radius 2 is 2.14 bits per heavy atom. The van der Waals surface area contributed by atoms with Crippen molar-refractivity contribution in [3.63, 3.8) is 0 Å². The van der Waals surface area contributed by atoms with E-state index in [1.807, 2.05) is 17.7 Å². The van der Waals surface area contributed by atoms with Gasteiger partial charge in [-0.15, -0.1) is 0 Å². The first kappa shape index (κ1) is 14.3. The van der Waals surface area contributed by atoms with E-state index in [0.717, 1.165) is 31.9 Å². The lowest BCUT2D eigenvalue weighted by Crippen LogP contribution is -2.44. The average molecular weight is 292 g/mol. The van der Waals surface area contributed by atoms with Crippen molar-refractivity contribution in [2.75, 3.05) is 31.1 Å². The van der Waals surface area contributed by atoms with Crippen LogP contribution in [-0.2, 0) is 7.05 Å². The van der Waals surface area contributed by atoms with E-state index in [9.17, 15) is 4.39 Å². The Morgan fingerprint density at radius 3 is 2.81 bits per heavy atom. The van der Waals surface area contributed by atoms with Crippen LogP contribution in [0.5, 0.6) is 0 Å². The molecule has 0 aliphatic carbocycles. The van der Waals surface area contributed by atoms with Crippen LogP contribution in [0.25, 0.3) is 11.0 Å². The predicted octanol–water partition coefficient (Wildman–Crippen LogP) is 1.26. The maximum absolute atomic E-state index is 13.9. The third-order valence-corrected chi connectivity index (χ3v) is 4.14. The van der Waals surface area contributed by atoms with E-state index in [1.54, 1.807) is 6.07 Å². The Labute approximate surface area is 123 Å². The summed E-state index contributed by atoms with van der Waals surface area (Å²) in [4.78, 5) is 6.78. The molecular weight excluding hydrogens is 271 g/mol. The Kier molecular flexibility index (Phi) is 4.07. The molecule has 0 unspecified atom stereocenters. The van der Waals surface area contributed by atoms with Gasteiger partial charge in [-0.05, 0) is 25.0 Å². The van der Waals surface area contributed by atoms with E-state index in [2.05, 4.69) is 15.2 Å². The number of fused-ring (bicyclic) bond motifs is 1. The molecule has 1 saturated heterocycles. The maximum Gasteiger partial charge on any atom is 0.206 e. The molecule has 0 atom stereocenters. The molecule has 1 aliphatic heterocycles. The molecule has 114 valence electrons. The Hall–Kier alpha value is -1.66. The number of aromatic nitrogens is 2. The van der Waals surface area contributed by atoms with Crippen LogP contribution in [-0.4, -0.2) is 46.9 Å². The van der Waals surface area contributed by atoms with E-state index < -0.39 is 0 Å². The summed E-state index contributed by atoms with van der Waals surface area (Å²) in [6.45, 7) is 2.59. The number of para-hydroxylation sites is 1. The minimum atomic E-state index is -0.228. The van der Waals surface area contributed by atoms with Crippen molar-refractivity contribution in [2.45, 2.75) is 18.9 Å². The van der Waals surface area contributed by atoms with E-state index in [0.29, 0.717) is 23.6 Å². The SMILES string of the molecule is Cn1c(N2CCC(NCCO)CC2)nc2cccc(F)c21. The van der Waals surface area contributed by atoms with Gasteiger partial charge in [0.1, 0.15) is 11.3 Å². The first-order valence-electron chi connectivity index (χ1n) is 7.41. The second-order valence-corrected chi connectivity index (χ2v) is 5.52. The van der Waals surface area contributed by atoms with Crippen LogP contribution < -0.4 is 10.2 Å². The zero-order chi connectivity index (χ0) is 14.8. The van der Waals surface area contributed by atoms with Crippen molar-refractivity contribution in [3.8, 4) is 0 Å². The Morgan fingerprint density at radius 1 is 1.38 bits per heavy atom. The number of imidazole rings is 1. The van der Waals surface area contributed by atoms with Crippen molar-refractivity contribution in [3.05, 3.63) is 24.0 Å². The number of hydrogen-bond donors (Lipinski definition) is 2. The lowest BCUT2D eigenvalue weighted by atomic mass is 10.1. The fourth-order valence-electron chi connectivity index (χ4n) is 3.04. The van der Waals surface area contributed by atoms with Crippen LogP contribution in [0.4, 0.5) is 10.3 Å². The highest BCUT2D eigenvalue weighted by Crippen LogP contribution is 2.25. The summed E-state index contributed by atoms with van der Waals surface area (Å²) < 4.78 is 15.8. The monoisotopic (exact) mass is 292 g/mol. The van der Waals surface area contributed by atoms with E-state index in [-0.39, 0.29) is 12.4 Å². The zero-order valence-electron chi connectivity index (χ0n) is 12.2. The summed E-state index contributed by atoms with van der Waals surface area (Å²) >= 11 is 0. The first-order chi connectivity index (χ1) is 10.2. The molecule has 0 saturated carbocycles. The second kappa shape index (κ2) is 5.99. The van der Waals surface area contributed by atoms with Gasteiger partial charge in [-0.2, -0.15) is 0 Å². The molecule has 6 heteroatoms. The molecule has 21 heavy (non-hydrogen) atoms. The van der Waals surface area contributed by atoms with Gasteiger partial charge in [-0.25, -0.2) is 9.37 Å². The van der Waals surface area contributed by atoms with Crippen LogP contribution in [0.15, 0.2) is 18.2 Å². The van der Waals surface area contributed by atoms with Gasteiger partial charge >= 0.3 is 0 Å². The van der Waals surface area contributed by atoms with E-state index in [4.69, 9.17) is 5.11 Å². The molecule has 0 radical (unpaired) electrons. The summed E-state index contributed by atoms with van der Waals surface area (Å²) in [5.41, 5.74) is 1.26. The third-order valence-electron chi connectivity index (χ3n) is 4.14. The van der Waals surface area contributed by atoms with Gasteiger partial charge in [-0.3, -0.25) is 0 Å². The lowest BCUT2D eigenvalue weighted by molar-refractivity contribution is 0.276. The molecule has 1 aliphatic rings. The number of piperidine rings is 1. The van der Waals surface area contributed by atoms with Crippen molar-refractivity contribution in [1.82, 2.24) is 14.9 Å². The van der Waals surface area contributed by atoms with Crippen molar-refractivity contribution >= 4 is 17.0 Å². The lowest BCUT2D eigenvalue weighted by Gasteiger charge is -2.33. The molecule has 1 aromatic heterocycles. The molecule has 0 bridgehead atoms. The Bertz CT molecular complexity index is 619. The highest BCUT2D eigenvalue weighted by Gasteiger charge is 2.23. The summed E-state index contributed by atoms with van der Waals surface area (Å²) in [5.74, 6) is 0.601. The molecule has 5 nitrogen and oxygen atoms in total. The van der Waals surface area contributed by atoms with Gasteiger partial charge in [0.25, 0.3) is 0 Å². The van der Waals surface area contributed by atoms with E-state index >= 15 is 0 Å². The summed E-state index contributed by atoms with van der Waals surface area (Å²) in [6.07, 6.45) is 2.01. The number of benzene rings is 1. The first-order valence-corrected chi connectivity index (χ1v) is 7.41. The topological polar surface area (TPSA) is 53.3 Å². The minimum Gasteiger partial charge on any atom is -0.395 e. The van der Waals surface area contributed by atoms with Crippen LogP contribution in [0.1, 0.15) is 12.8 Å². The number of rotatable bonds is 4. The van der Waals surface area contributed by atoms with Crippen LogP contribution in [0.2, 0.25) is 0 Å². The standard InChI is InChI=1S/C15H21FN4O/c1-19-14-12(16)3-2-4-13(14)18-15(19)20-8-5-11(6-9-20)17-7-10-21/h2-4,11,17,21H,5-10H2,1H3. The molecule has 0 amide bonds. The van der Waals surface area contributed by atoms with Crippen molar-refractivity contribution < 1.29 is 9.50 Å². The number of aryl methyl sites for hydroxylation is 1. The zero-order valence-corrected chi connectivity index (χ0v) is 12.2. The molecule has 1 fully saturated rings. The minimum absolute atomic E-state index is 0.171. The number of aliphatic hydroxyl groups is 1. The molecule has 2 heterocycles. The van der Waals surface area contributed by atoms with Crippen molar-refractivity contribution in [2.24, 2.45) is 7.05 Å². The highest BCUT2D eigenvalue weighted by atomic mass is 19.1. The summed E-state index contributed by atoms with van der Waals surface area (Å²) in [5, 5.41) is 12.2. The predicted molar refractivity (Wildman–Crippen MR) is 81.0 cm³/mol. The molecule has 3 rings (SSSR count). The van der Waals surface area contributed by atoms with Crippen molar-refractivity contribution in [1.29, 1.82) is 0 Å².